The number of hydrogen-bond acceptors (Lipinski definition) is 2. The van der Waals surface area contributed by atoms with E-state index in [0.717, 1.165) is 12.8 Å². The Morgan fingerprint density at radius 2 is 0.917 bits per heavy atom. The van der Waals surface area contributed by atoms with E-state index >= 15 is 0 Å². The zero-order valence-corrected chi connectivity index (χ0v) is 18.8. The fourth-order valence-electron chi connectivity index (χ4n) is 2.65. The second kappa shape index (κ2) is 28.2. The van der Waals surface area contributed by atoms with E-state index in [4.69, 9.17) is 10.2 Å². The average molecular weight is 355 g/mol. The molecule has 0 radical (unpaired) electrons. The summed E-state index contributed by atoms with van der Waals surface area (Å²) in [6.45, 7) is 4.20. The predicted octanol–water partition coefficient (Wildman–Crippen LogP) is 3.45. The third-order valence-electron chi connectivity index (χ3n) is 3.99. The largest absolute Gasteiger partial charge is 1.00 e. The second-order valence-corrected chi connectivity index (χ2v) is 6.41. The first-order valence-corrected chi connectivity index (χ1v) is 10.0. The molecule has 0 aromatic heterocycles. The molecule has 0 unspecified atom stereocenters. The van der Waals surface area contributed by atoms with Crippen molar-refractivity contribution in [3.05, 3.63) is 0 Å². The van der Waals surface area contributed by atoms with Crippen LogP contribution in [0.15, 0.2) is 0 Å². The molecule has 0 aromatic rings. The van der Waals surface area contributed by atoms with Crippen molar-refractivity contribution < 1.29 is 46.0 Å². The number of aliphatic hydroxyl groups excluding tert-OH is 1. The van der Waals surface area contributed by atoms with Crippen LogP contribution in [-0.4, -0.2) is 22.8 Å². The number of aliphatic hydroxyl groups is 1. The van der Waals surface area contributed by atoms with Gasteiger partial charge < -0.3 is 11.6 Å². The van der Waals surface area contributed by atoms with E-state index in [9.17, 15) is 4.79 Å². The Kier molecular flexibility index (Phi) is 34.4. The third-order valence-corrected chi connectivity index (χ3v) is 3.99. The van der Waals surface area contributed by atoms with Gasteiger partial charge in [-0.25, -0.2) is 0 Å². The molecule has 0 rings (SSSR count). The van der Waals surface area contributed by atoms with E-state index in [0.29, 0.717) is 6.42 Å². The zero-order chi connectivity index (χ0) is 17.6. The summed E-state index contributed by atoms with van der Waals surface area (Å²) in [4.78, 5) is 10.3. The van der Waals surface area contributed by atoms with Crippen molar-refractivity contribution in [2.45, 2.75) is 117 Å². The Hall–Kier alpha value is 0.430. The molecule has 0 saturated carbocycles. The summed E-state index contributed by atoms with van der Waals surface area (Å²) >= 11 is 0. The van der Waals surface area contributed by atoms with Crippen LogP contribution in [0.25, 0.3) is 0 Å². The van der Waals surface area contributed by atoms with Gasteiger partial charge >= 0.3 is 35.5 Å². The van der Waals surface area contributed by atoms with Gasteiger partial charge in [0.05, 0.1) is 0 Å². The van der Waals surface area contributed by atoms with Crippen LogP contribution in [0, 0.1) is 0 Å². The number of carboxylic acid groups (broad SMARTS) is 1. The van der Waals surface area contributed by atoms with Crippen LogP contribution in [0.4, 0.5) is 0 Å². The number of unbranched alkanes of at least 4 members (excludes halogenated alkanes) is 14. The van der Waals surface area contributed by atoms with Gasteiger partial charge in [0.15, 0.2) is 0 Å². The van der Waals surface area contributed by atoms with Crippen molar-refractivity contribution in [1.29, 1.82) is 0 Å². The van der Waals surface area contributed by atoms with Crippen LogP contribution in [0.1, 0.15) is 118 Å². The van der Waals surface area contributed by atoms with Crippen LogP contribution >= 0.6 is 0 Å². The van der Waals surface area contributed by atoms with Crippen molar-refractivity contribution in [2.24, 2.45) is 0 Å². The smallest absolute Gasteiger partial charge is 1.00 e. The molecule has 0 spiro atoms. The quantitative estimate of drug-likeness (QED) is 0.330. The molecule has 0 aliphatic heterocycles. The van der Waals surface area contributed by atoms with Gasteiger partial charge in [0.25, 0.3) is 0 Å². The van der Waals surface area contributed by atoms with Gasteiger partial charge in [0.1, 0.15) is 0 Å². The Morgan fingerprint density at radius 1 is 0.667 bits per heavy atom. The summed E-state index contributed by atoms with van der Waals surface area (Å²) in [6.07, 6.45) is 20.2. The van der Waals surface area contributed by atoms with E-state index in [1.165, 1.54) is 83.5 Å². The van der Waals surface area contributed by atoms with Crippen molar-refractivity contribution in [3.63, 3.8) is 0 Å². The van der Waals surface area contributed by atoms with E-state index < -0.39 is 5.97 Å². The minimum Gasteiger partial charge on any atom is -1.00 e. The maximum atomic E-state index is 10.3. The van der Waals surface area contributed by atoms with Crippen LogP contribution in [0.5, 0.6) is 0 Å². The van der Waals surface area contributed by atoms with Crippen LogP contribution in [0.3, 0.4) is 0 Å². The summed E-state index contributed by atoms with van der Waals surface area (Å²) in [5, 5.41) is 16.1. The minimum absolute atomic E-state index is 0. The third kappa shape index (κ3) is 33.9. The molecule has 2 N–H and O–H groups in total. The van der Waals surface area contributed by atoms with E-state index in [2.05, 4.69) is 6.92 Å². The van der Waals surface area contributed by atoms with Gasteiger partial charge in [-0.2, -0.15) is 0 Å². The topological polar surface area (TPSA) is 57.5 Å². The minimum atomic E-state index is -0.653. The maximum absolute atomic E-state index is 10.3. The van der Waals surface area contributed by atoms with Crippen LogP contribution in [0.2, 0.25) is 0 Å². The molecule has 24 heavy (non-hydrogen) atoms. The first-order chi connectivity index (χ1) is 11.2. The first kappa shape index (κ1) is 29.2. The SMILES string of the molecule is CCCCCCCCCCCCCCCCCC(=O)O.CCO.[H-].[Na+]. The predicted molar refractivity (Wildman–Crippen MR) is 101 cm³/mol. The Labute approximate surface area is 174 Å². The molecule has 0 aliphatic carbocycles. The van der Waals surface area contributed by atoms with Gasteiger partial charge in [0.2, 0.25) is 0 Å². The van der Waals surface area contributed by atoms with Crippen LogP contribution in [-0.2, 0) is 4.79 Å². The van der Waals surface area contributed by atoms with E-state index in [-0.39, 0.29) is 37.6 Å². The number of aliphatic carboxylic acids is 1. The monoisotopic (exact) mass is 354 g/mol. The van der Waals surface area contributed by atoms with Crippen LogP contribution < -0.4 is 29.6 Å². The number of carbonyl (C=O) groups is 1. The number of hydrogen-bond donors (Lipinski definition) is 2. The molecule has 0 aromatic carbocycles. The summed E-state index contributed by atoms with van der Waals surface area (Å²) in [6, 6.07) is 0. The van der Waals surface area contributed by atoms with Gasteiger partial charge in [-0.3, -0.25) is 4.79 Å². The van der Waals surface area contributed by atoms with Gasteiger partial charge in [-0.15, -0.1) is 0 Å². The molecule has 0 heterocycles. The molecule has 0 amide bonds. The standard InChI is InChI=1S/C18H36O2.C2H6O.Na.H/c1-2-3-4-5-6-7-8-9-10-11-12-13-14-15-16-17-18(19)20;1-2-3;;/h2-17H2,1H3,(H,19,20);3H,2H2,1H3;;/q;;+1;-1. The van der Waals surface area contributed by atoms with Gasteiger partial charge in [-0.1, -0.05) is 96.8 Å². The number of rotatable bonds is 16. The Morgan fingerprint density at radius 3 is 1.17 bits per heavy atom. The Bertz CT molecular complexity index is 229. The summed E-state index contributed by atoms with van der Waals surface area (Å²) < 4.78 is 0. The average Bonchev–Trinajstić information content (AvgIpc) is 2.51. The molecule has 0 atom stereocenters. The second-order valence-electron chi connectivity index (χ2n) is 6.41. The normalized spacial score (nSPS) is 9.79. The molecule has 3 nitrogen and oxygen atoms in total. The molecule has 0 saturated heterocycles. The molecular formula is C20H43NaO3. The van der Waals surface area contributed by atoms with Crippen molar-refractivity contribution >= 4 is 5.97 Å². The van der Waals surface area contributed by atoms with Gasteiger partial charge in [0, 0.05) is 13.0 Å². The van der Waals surface area contributed by atoms with E-state index in [1.807, 2.05) is 0 Å². The summed E-state index contributed by atoms with van der Waals surface area (Å²) in [7, 11) is 0. The summed E-state index contributed by atoms with van der Waals surface area (Å²) in [5.74, 6) is -0.653. The van der Waals surface area contributed by atoms with E-state index in [1.54, 1.807) is 6.92 Å². The molecular weight excluding hydrogens is 311 g/mol. The molecule has 0 bridgehead atoms. The molecule has 142 valence electrons. The maximum Gasteiger partial charge on any atom is 1.00 e. The van der Waals surface area contributed by atoms with Crippen molar-refractivity contribution in [3.8, 4) is 0 Å². The fourth-order valence-corrected chi connectivity index (χ4v) is 2.65. The van der Waals surface area contributed by atoms with Gasteiger partial charge in [-0.05, 0) is 13.3 Å². The summed E-state index contributed by atoms with van der Waals surface area (Å²) in [5.41, 5.74) is 0. The van der Waals surface area contributed by atoms with Crippen molar-refractivity contribution in [1.82, 2.24) is 0 Å². The molecule has 0 fully saturated rings. The fraction of sp³-hybridized carbons (Fsp3) is 0.950. The number of carboxylic acids is 1. The molecule has 0 aliphatic rings. The first-order valence-electron chi connectivity index (χ1n) is 10.0. The zero-order valence-electron chi connectivity index (χ0n) is 17.8. The molecule has 4 heteroatoms. The Balaban J connectivity index is -0.000000409. The van der Waals surface area contributed by atoms with Crippen molar-refractivity contribution in [2.75, 3.05) is 6.61 Å².